The third-order valence-electron chi connectivity index (χ3n) is 9.25. The van der Waals surface area contributed by atoms with E-state index in [1.54, 1.807) is 6.20 Å². The van der Waals surface area contributed by atoms with E-state index in [9.17, 15) is 5.11 Å². The first-order valence-corrected chi connectivity index (χ1v) is 14.1. The molecule has 1 atom stereocenters. The number of benzene rings is 3. The molecule has 2 aliphatic heterocycles. The van der Waals surface area contributed by atoms with E-state index in [0.717, 1.165) is 61.4 Å². The van der Waals surface area contributed by atoms with E-state index in [4.69, 9.17) is 4.99 Å². The van der Waals surface area contributed by atoms with Crippen LogP contribution in [0.5, 0.6) is 5.75 Å². The van der Waals surface area contributed by atoms with Crippen molar-refractivity contribution in [2.75, 3.05) is 5.32 Å². The molecule has 2 aliphatic rings. The Labute approximate surface area is 238 Å². The maximum atomic E-state index is 11.3. The highest BCUT2D eigenvalue weighted by atomic mass is 16.3. The number of rotatable bonds is 3. The second-order valence-electron chi connectivity index (χ2n) is 12.4. The Kier molecular flexibility index (Phi) is 4.74. The molecule has 0 aliphatic carbocycles. The maximum absolute atomic E-state index is 11.3. The van der Waals surface area contributed by atoms with Crippen LogP contribution < -0.4 is 5.32 Å². The zero-order chi connectivity index (χ0) is 28.1. The number of hydrogen-bond donors (Lipinski definition) is 4. The molecule has 6 nitrogen and oxygen atoms in total. The van der Waals surface area contributed by atoms with Crippen molar-refractivity contribution in [2.24, 2.45) is 4.99 Å². The number of phenols is 1. The van der Waals surface area contributed by atoms with Crippen LogP contribution in [-0.2, 0) is 10.8 Å². The average molecular weight is 538 g/mol. The summed E-state index contributed by atoms with van der Waals surface area (Å²) in [5.74, 6) is 0.213. The van der Waals surface area contributed by atoms with Gasteiger partial charge in [-0.1, -0.05) is 64.1 Å². The Hall–Kier alpha value is -4.84. The summed E-state index contributed by atoms with van der Waals surface area (Å²) in [6.07, 6.45) is 3.84. The SMILES string of the molecule is CC1(C)C(c2c(-c3cc(O)c4[nH]cc(C5Nc6ccccc6C5(C)C)c4c3)[nH]c3ncccc23)=Nc2ccccc21. The molecular weight excluding hydrogens is 506 g/mol. The summed E-state index contributed by atoms with van der Waals surface area (Å²) in [5.41, 5.74) is 10.7. The van der Waals surface area contributed by atoms with E-state index in [2.05, 4.69) is 103 Å². The number of H-pyrrole nitrogens is 2. The van der Waals surface area contributed by atoms with Gasteiger partial charge < -0.3 is 20.4 Å². The number of aliphatic imine (C=N–C) groups is 1. The fourth-order valence-electron chi connectivity index (χ4n) is 7.09. The van der Waals surface area contributed by atoms with E-state index in [-0.39, 0.29) is 22.6 Å². The molecule has 1 unspecified atom stereocenters. The number of pyridine rings is 1. The molecule has 0 amide bonds. The normalized spacial score (nSPS) is 18.3. The lowest BCUT2D eigenvalue weighted by atomic mass is 9.77. The van der Waals surface area contributed by atoms with Gasteiger partial charge in [0.05, 0.1) is 28.7 Å². The Bertz CT molecular complexity index is 2060. The van der Waals surface area contributed by atoms with E-state index in [1.165, 1.54) is 11.1 Å². The van der Waals surface area contributed by atoms with Crippen molar-refractivity contribution < 1.29 is 5.11 Å². The summed E-state index contributed by atoms with van der Waals surface area (Å²) in [7, 11) is 0. The van der Waals surface area contributed by atoms with E-state index < -0.39 is 0 Å². The highest BCUT2D eigenvalue weighted by molar-refractivity contribution is 6.22. The van der Waals surface area contributed by atoms with Crippen LogP contribution in [0.25, 0.3) is 33.2 Å². The first-order valence-electron chi connectivity index (χ1n) is 14.1. The van der Waals surface area contributed by atoms with Crippen LogP contribution in [0.1, 0.15) is 56.0 Å². The van der Waals surface area contributed by atoms with E-state index in [0.29, 0.717) is 0 Å². The molecule has 4 N–H and O–H groups in total. The first kappa shape index (κ1) is 24.0. The molecule has 202 valence electrons. The van der Waals surface area contributed by atoms with Gasteiger partial charge in [-0.15, -0.1) is 0 Å². The predicted octanol–water partition coefficient (Wildman–Crippen LogP) is 8.27. The number of nitrogens with one attached hydrogen (secondary N) is 3. The molecule has 0 saturated heterocycles. The second-order valence-corrected chi connectivity index (χ2v) is 12.4. The van der Waals surface area contributed by atoms with E-state index in [1.807, 2.05) is 24.4 Å². The largest absolute Gasteiger partial charge is 0.506 e. The minimum Gasteiger partial charge on any atom is -0.506 e. The van der Waals surface area contributed by atoms with Gasteiger partial charge in [-0.25, -0.2) is 4.98 Å². The van der Waals surface area contributed by atoms with Gasteiger partial charge in [0.25, 0.3) is 0 Å². The number of anilines is 1. The lowest BCUT2D eigenvalue weighted by Gasteiger charge is -2.27. The summed E-state index contributed by atoms with van der Waals surface area (Å²) >= 11 is 0. The van der Waals surface area contributed by atoms with Crippen molar-refractivity contribution in [1.29, 1.82) is 0 Å². The molecule has 6 aromatic rings. The van der Waals surface area contributed by atoms with Crippen LogP contribution in [-0.4, -0.2) is 25.8 Å². The number of aromatic nitrogens is 3. The van der Waals surface area contributed by atoms with Gasteiger partial charge in [0.15, 0.2) is 0 Å². The van der Waals surface area contributed by atoms with Gasteiger partial charge in [0.2, 0.25) is 0 Å². The molecule has 3 aromatic carbocycles. The van der Waals surface area contributed by atoms with Crippen molar-refractivity contribution in [3.8, 4) is 17.0 Å². The lowest BCUT2D eigenvalue weighted by Crippen LogP contribution is -2.26. The predicted molar refractivity (Wildman–Crippen MR) is 167 cm³/mol. The molecule has 0 spiro atoms. The number of para-hydroxylation sites is 2. The molecule has 0 bridgehead atoms. The van der Waals surface area contributed by atoms with Crippen LogP contribution in [0.2, 0.25) is 0 Å². The van der Waals surface area contributed by atoms with Gasteiger partial charge >= 0.3 is 0 Å². The van der Waals surface area contributed by atoms with Gasteiger partial charge in [0, 0.05) is 56.4 Å². The molecule has 0 radical (unpaired) electrons. The second kappa shape index (κ2) is 8.10. The Morgan fingerprint density at radius 3 is 2.44 bits per heavy atom. The summed E-state index contributed by atoms with van der Waals surface area (Å²) in [4.78, 5) is 16.8. The number of nitrogens with zero attached hydrogens (tertiary/aromatic N) is 2. The first-order chi connectivity index (χ1) is 19.7. The zero-order valence-corrected chi connectivity index (χ0v) is 23.5. The smallest absolute Gasteiger partial charge is 0.140 e. The van der Waals surface area contributed by atoms with Crippen LogP contribution in [0, 0.1) is 0 Å². The fourth-order valence-corrected chi connectivity index (χ4v) is 7.09. The van der Waals surface area contributed by atoms with Gasteiger partial charge in [-0.2, -0.15) is 0 Å². The van der Waals surface area contributed by atoms with Crippen LogP contribution in [0.4, 0.5) is 11.4 Å². The van der Waals surface area contributed by atoms with Crippen molar-refractivity contribution in [3.05, 3.63) is 107 Å². The summed E-state index contributed by atoms with van der Waals surface area (Å²) in [6, 6.07) is 25.0. The Morgan fingerprint density at radius 2 is 1.63 bits per heavy atom. The number of aromatic hydroxyl groups is 1. The highest BCUT2D eigenvalue weighted by Crippen LogP contribution is 2.51. The van der Waals surface area contributed by atoms with Crippen molar-refractivity contribution in [1.82, 2.24) is 15.0 Å². The minimum atomic E-state index is -0.300. The third-order valence-corrected chi connectivity index (χ3v) is 9.25. The van der Waals surface area contributed by atoms with Crippen molar-refractivity contribution in [3.63, 3.8) is 0 Å². The molecular formula is C35H31N5O. The monoisotopic (exact) mass is 537 g/mol. The standard InChI is InChI=1S/C35H31N5O/c1-34(2)23-11-5-7-13-25(23)38-31(34)22-18-37-30-21(22)16-19(17-27(30)41)29-28(20-10-9-15-36-33(20)40-29)32-35(3,4)24-12-6-8-14-26(24)39-32/h5-18,31,37-38,41H,1-4H3,(H,36,40). The number of fused-ring (bicyclic) bond motifs is 4. The van der Waals surface area contributed by atoms with Crippen molar-refractivity contribution in [2.45, 2.75) is 44.6 Å². The van der Waals surface area contributed by atoms with Gasteiger partial charge in [-0.3, -0.25) is 4.99 Å². The molecule has 8 rings (SSSR count). The number of hydrogen-bond acceptors (Lipinski definition) is 4. The average Bonchev–Trinajstić information content (AvgIpc) is 3.69. The number of aromatic amines is 2. The highest BCUT2D eigenvalue weighted by Gasteiger charge is 2.42. The van der Waals surface area contributed by atoms with Crippen LogP contribution >= 0.6 is 0 Å². The van der Waals surface area contributed by atoms with Gasteiger partial charge in [0.1, 0.15) is 11.4 Å². The quantitative estimate of drug-likeness (QED) is 0.183. The molecule has 6 heteroatoms. The summed E-state index contributed by atoms with van der Waals surface area (Å²) in [6.45, 7) is 9.01. The topological polar surface area (TPSA) is 89.1 Å². The lowest BCUT2D eigenvalue weighted by molar-refractivity contribution is 0.476. The molecule has 3 aromatic heterocycles. The molecule has 5 heterocycles. The van der Waals surface area contributed by atoms with E-state index >= 15 is 0 Å². The van der Waals surface area contributed by atoms with Crippen LogP contribution in [0.3, 0.4) is 0 Å². The molecule has 0 fully saturated rings. The molecule has 0 saturated carbocycles. The number of phenolic OH excluding ortho intramolecular Hbond substituents is 1. The zero-order valence-electron chi connectivity index (χ0n) is 23.5. The third kappa shape index (κ3) is 3.24. The maximum Gasteiger partial charge on any atom is 0.140 e. The van der Waals surface area contributed by atoms with Crippen LogP contribution in [0.15, 0.2) is 90.2 Å². The summed E-state index contributed by atoms with van der Waals surface area (Å²) < 4.78 is 0. The van der Waals surface area contributed by atoms with Crippen molar-refractivity contribution >= 4 is 39.0 Å². The fraction of sp³-hybridized carbons (Fsp3) is 0.200. The minimum absolute atomic E-state index is 0.0415. The Morgan fingerprint density at radius 1 is 0.854 bits per heavy atom. The Balaban J connectivity index is 1.34. The molecule has 41 heavy (non-hydrogen) atoms. The summed E-state index contributed by atoms with van der Waals surface area (Å²) in [5, 5.41) is 17.1. The van der Waals surface area contributed by atoms with Gasteiger partial charge in [-0.05, 0) is 47.5 Å².